The van der Waals surface area contributed by atoms with Crippen LogP contribution in [0.2, 0.25) is 18.1 Å². The predicted molar refractivity (Wildman–Crippen MR) is 99.8 cm³/mol. The summed E-state index contributed by atoms with van der Waals surface area (Å²) in [6, 6.07) is 7.81. The van der Waals surface area contributed by atoms with Crippen LogP contribution in [0.25, 0.3) is 0 Å². The Morgan fingerprint density at radius 1 is 1.09 bits per heavy atom. The maximum Gasteiger partial charge on any atom is 0.250 e. The van der Waals surface area contributed by atoms with E-state index in [1.54, 1.807) is 6.21 Å². The first-order valence-electron chi connectivity index (χ1n) is 7.59. The first-order valence-corrected chi connectivity index (χ1v) is 11.6. The van der Waals surface area contributed by atoms with Crippen LogP contribution in [0, 0.1) is 0 Å². The molecule has 0 bridgehead atoms. The molecule has 0 aromatic heterocycles. The molecular formula is C17H29NO2SSi. The summed E-state index contributed by atoms with van der Waals surface area (Å²) in [6.45, 7) is 16.8. The third kappa shape index (κ3) is 5.14. The summed E-state index contributed by atoms with van der Waals surface area (Å²) in [6.07, 6.45) is 1.67. The van der Waals surface area contributed by atoms with Crippen molar-refractivity contribution >= 4 is 25.9 Å². The zero-order valence-corrected chi connectivity index (χ0v) is 16.9. The van der Waals surface area contributed by atoms with Gasteiger partial charge in [0.1, 0.15) is 21.9 Å². The lowest BCUT2D eigenvalue weighted by Crippen LogP contribution is -2.44. The molecule has 22 heavy (non-hydrogen) atoms. The summed E-state index contributed by atoms with van der Waals surface area (Å²) in [4.78, 5) is 0. The van der Waals surface area contributed by atoms with Crippen LogP contribution < -0.4 is 4.43 Å². The van der Waals surface area contributed by atoms with Crippen molar-refractivity contribution in [2.45, 2.75) is 64.4 Å². The molecule has 5 heteroatoms. The zero-order chi connectivity index (χ0) is 17.2. The molecule has 124 valence electrons. The SMILES string of the molecule is CC(C)(C)[S+]([O-])N=Cc1ccccc1O[Si](C)(C)C(C)(C)C. The van der Waals surface area contributed by atoms with Crippen LogP contribution in [0.4, 0.5) is 0 Å². The Labute approximate surface area is 139 Å². The van der Waals surface area contributed by atoms with E-state index in [0.717, 1.165) is 11.3 Å². The molecule has 0 saturated heterocycles. The lowest BCUT2D eigenvalue weighted by molar-refractivity contribution is 0.491. The number of hydrogen-bond acceptors (Lipinski definition) is 3. The van der Waals surface area contributed by atoms with Crippen molar-refractivity contribution in [3.05, 3.63) is 29.8 Å². The highest BCUT2D eigenvalue weighted by molar-refractivity contribution is 7.91. The summed E-state index contributed by atoms with van der Waals surface area (Å²) in [5.74, 6) is 0.823. The normalized spacial score (nSPS) is 15.1. The molecule has 3 nitrogen and oxygen atoms in total. The molecule has 1 aromatic carbocycles. The number of hydrogen-bond donors (Lipinski definition) is 0. The van der Waals surface area contributed by atoms with E-state index in [2.05, 4.69) is 38.3 Å². The van der Waals surface area contributed by atoms with Gasteiger partial charge >= 0.3 is 0 Å². The molecule has 0 aliphatic rings. The Balaban J connectivity index is 3.04. The summed E-state index contributed by atoms with van der Waals surface area (Å²) >= 11 is -1.26. The average Bonchev–Trinajstić information content (AvgIpc) is 2.34. The molecule has 0 spiro atoms. The van der Waals surface area contributed by atoms with E-state index in [4.69, 9.17) is 4.43 Å². The fourth-order valence-electron chi connectivity index (χ4n) is 1.37. The fourth-order valence-corrected chi connectivity index (χ4v) is 2.94. The van der Waals surface area contributed by atoms with Gasteiger partial charge in [0.15, 0.2) is 0 Å². The largest absolute Gasteiger partial charge is 0.591 e. The summed E-state index contributed by atoms with van der Waals surface area (Å²) in [7, 11) is -1.91. The van der Waals surface area contributed by atoms with Crippen molar-refractivity contribution in [3.8, 4) is 5.75 Å². The smallest absolute Gasteiger partial charge is 0.250 e. The molecule has 0 radical (unpaired) electrons. The van der Waals surface area contributed by atoms with Crippen molar-refractivity contribution in [1.82, 2.24) is 0 Å². The lowest BCUT2D eigenvalue weighted by Gasteiger charge is -2.36. The van der Waals surface area contributed by atoms with Crippen LogP contribution in [0.3, 0.4) is 0 Å². The average molecular weight is 340 g/mol. The molecule has 1 rings (SSSR count). The van der Waals surface area contributed by atoms with Gasteiger partial charge in [-0.25, -0.2) is 0 Å². The van der Waals surface area contributed by atoms with Crippen molar-refractivity contribution in [2.75, 3.05) is 0 Å². The Morgan fingerprint density at radius 3 is 2.14 bits per heavy atom. The van der Waals surface area contributed by atoms with Crippen molar-refractivity contribution < 1.29 is 8.98 Å². The van der Waals surface area contributed by atoms with Gasteiger partial charge in [0.25, 0.3) is 8.32 Å². The molecular weight excluding hydrogens is 310 g/mol. The number of rotatable bonds is 4. The topological polar surface area (TPSA) is 44.7 Å². The van der Waals surface area contributed by atoms with Crippen LogP contribution in [-0.4, -0.2) is 23.8 Å². The Morgan fingerprint density at radius 2 is 1.64 bits per heavy atom. The predicted octanol–water partition coefficient (Wildman–Crippen LogP) is 4.95. The van der Waals surface area contributed by atoms with E-state index in [9.17, 15) is 4.55 Å². The van der Waals surface area contributed by atoms with E-state index in [0.29, 0.717) is 0 Å². The maximum atomic E-state index is 12.1. The van der Waals surface area contributed by atoms with Crippen LogP contribution in [0.1, 0.15) is 47.1 Å². The Bertz CT molecular complexity index is 530. The second kappa shape index (κ2) is 6.77. The van der Waals surface area contributed by atoms with Gasteiger partial charge in [0.05, 0.1) is 6.21 Å². The Hall–Kier alpha value is -0.783. The van der Waals surface area contributed by atoms with Gasteiger partial charge in [-0.2, -0.15) is 0 Å². The van der Waals surface area contributed by atoms with Crippen LogP contribution in [0.5, 0.6) is 5.75 Å². The monoisotopic (exact) mass is 339 g/mol. The standard InChI is InChI=1S/C17H29NO2SSi/c1-16(2,3)21(19)18-13-14-11-9-10-12-15(14)20-22(7,8)17(4,5)6/h9-13H,1-8H3. The van der Waals surface area contributed by atoms with Gasteiger partial charge in [-0.1, -0.05) is 37.3 Å². The number of para-hydroxylation sites is 1. The molecule has 0 aliphatic heterocycles. The second-order valence-corrected chi connectivity index (χ2v) is 14.7. The summed E-state index contributed by atoms with van der Waals surface area (Å²) < 4.78 is 22.3. The number of benzene rings is 1. The van der Waals surface area contributed by atoms with E-state index in [-0.39, 0.29) is 9.79 Å². The van der Waals surface area contributed by atoms with Gasteiger partial charge in [-0.05, 0) is 51.0 Å². The quantitative estimate of drug-likeness (QED) is 0.442. The third-order valence-corrected chi connectivity index (χ3v) is 9.59. The highest BCUT2D eigenvalue weighted by Gasteiger charge is 2.39. The summed E-state index contributed by atoms with van der Waals surface area (Å²) in [5, 5.41) is 0.130. The first kappa shape index (κ1) is 19.3. The Kier molecular flexibility index (Phi) is 5.92. The van der Waals surface area contributed by atoms with Crippen LogP contribution in [-0.2, 0) is 11.4 Å². The van der Waals surface area contributed by atoms with Gasteiger partial charge in [0.2, 0.25) is 0 Å². The zero-order valence-electron chi connectivity index (χ0n) is 15.1. The van der Waals surface area contributed by atoms with Crippen LogP contribution >= 0.6 is 0 Å². The molecule has 0 saturated carbocycles. The van der Waals surface area contributed by atoms with E-state index < -0.39 is 19.7 Å². The minimum absolute atomic E-state index is 0.130. The van der Waals surface area contributed by atoms with Gasteiger partial charge in [0, 0.05) is 5.56 Å². The van der Waals surface area contributed by atoms with Gasteiger partial charge in [-0.3, -0.25) is 0 Å². The van der Waals surface area contributed by atoms with Crippen molar-refractivity contribution in [1.29, 1.82) is 0 Å². The maximum absolute atomic E-state index is 12.1. The van der Waals surface area contributed by atoms with Gasteiger partial charge in [-0.15, -0.1) is 0 Å². The van der Waals surface area contributed by atoms with Gasteiger partial charge < -0.3 is 8.98 Å². The molecule has 0 fully saturated rings. The van der Waals surface area contributed by atoms with Crippen molar-refractivity contribution in [2.24, 2.45) is 4.40 Å². The highest BCUT2D eigenvalue weighted by Crippen LogP contribution is 2.38. The van der Waals surface area contributed by atoms with Crippen molar-refractivity contribution in [3.63, 3.8) is 0 Å². The van der Waals surface area contributed by atoms with E-state index >= 15 is 0 Å². The minimum atomic E-state index is -1.91. The third-order valence-electron chi connectivity index (χ3n) is 3.90. The molecule has 1 unspecified atom stereocenters. The molecule has 1 aromatic rings. The van der Waals surface area contributed by atoms with E-state index in [1.165, 1.54) is 0 Å². The number of nitrogens with zero attached hydrogens (tertiary/aromatic N) is 1. The lowest BCUT2D eigenvalue weighted by atomic mass is 10.2. The molecule has 0 heterocycles. The minimum Gasteiger partial charge on any atom is -0.591 e. The molecule has 0 aliphatic carbocycles. The first-order chi connectivity index (χ1) is 9.84. The van der Waals surface area contributed by atoms with Crippen LogP contribution in [0.15, 0.2) is 28.7 Å². The molecule has 0 N–H and O–H groups in total. The second-order valence-electron chi connectivity index (χ2n) is 8.00. The summed E-state index contributed by atoms with van der Waals surface area (Å²) in [5.41, 5.74) is 0.880. The molecule has 1 atom stereocenters. The fraction of sp³-hybridized carbons (Fsp3) is 0.588. The van der Waals surface area contributed by atoms with E-state index in [1.807, 2.05) is 45.0 Å². The highest BCUT2D eigenvalue weighted by atomic mass is 32.2. The molecule has 0 amide bonds.